The smallest absolute Gasteiger partial charge is 0.282 e. The van der Waals surface area contributed by atoms with Gasteiger partial charge < -0.3 is 9.47 Å². The number of likely N-dealkylation sites (tertiary alicyclic amines) is 1. The number of hydrogen-bond donors (Lipinski definition) is 0. The van der Waals surface area contributed by atoms with E-state index in [1.807, 2.05) is 17.0 Å². The zero-order valence-electron chi connectivity index (χ0n) is 13.4. The zero-order chi connectivity index (χ0) is 16.5. The van der Waals surface area contributed by atoms with Crippen LogP contribution in [0.1, 0.15) is 41.3 Å². The van der Waals surface area contributed by atoms with Crippen LogP contribution in [0.25, 0.3) is 10.3 Å². The number of fused-ring (bicyclic) bond motifs is 1. The van der Waals surface area contributed by atoms with Gasteiger partial charge >= 0.3 is 0 Å². The topological polar surface area (TPSA) is 76.8 Å². The van der Waals surface area contributed by atoms with Crippen molar-refractivity contribution in [1.29, 1.82) is 0 Å². The Morgan fingerprint density at radius 1 is 1.46 bits per heavy atom. The molecule has 3 aromatic rings. The molecule has 0 bridgehead atoms. The lowest BCUT2D eigenvalue weighted by atomic mass is 9.97. The molecular weight excluding hydrogens is 324 g/mol. The van der Waals surface area contributed by atoms with Crippen LogP contribution in [0.15, 0.2) is 24.7 Å². The first-order chi connectivity index (χ1) is 11.8. The van der Waals surface area contributed by atoms with Gasteiger partial charge in [-0.2, -0.15) is 0 Å². The lowest BCUT2D eigenvalue weighted by Crippen LogP contribution is -2.39. The molecule has 0 spiro atoms. The summed E-state index contributed by atoms with van der Waals surface area (Å²) >= 11 is 1.36. The Balaban J connectivity index is 1.56. The highest BCUT2D eigenvalue weighted by molar-refractivity contribution is 7.19. The molecule has 0 N–H and O–H groups in total. The number of pyridine rings is 1. The van der Waals surface area contributed by atoms with E-state index in [0.717, 1.165) is 42.1 Å². The summed E-state index contributed by atoms with van der Waals surface area (Å²) in [4.78, 5) is 24.2. The van der Waals surface area contributed by atoms with Gasteiger partial charge in [0.1, 0.15) is 22.5 Å². The van der Waals surface area contributed by atoms with E-state index >= 15 is 0 Å². The second kappa shape index (κ2) is 6.27. The third kappa shape index (κ3) is 2.66. The van der Waals surface area contributed by atoms with Crippen molar-refractivity contribution >= 4 is 27.6 Å². The molecule has 1 fully saturated rings. The summed E-state index contributed by atoms with van der Waals surface area (Å²) in [7, 11) is 0. The minimum Gasteiger partial charge on any atom is -0.336 e. The Morgan fingerprint density at radius 3 is 3.21 bits per heavy atom. The van der Waals surface area contributed by atoms with Crippen LogP contribution in [-0.2, 0) is 6.54 Å². The predicted molar refractivity (Wildman–Crippen MR) is 91.0 cm³/mol. The Kier molecular flexibility index (Phi) is 3.97. The first-order valence-corrected chi connectivity index (χ1v) is 8.96. The number of rotatable bonds is 3. The van der Waals surface area contributed by atoms with Crippen LogP contribution < -0.4 is 0 Å². The van der Waals surface area contributed by atoms with Crippen LogP contribution in [0, 0.1) is 0 Å². The molecule has 0 aliphatic carbocycles. The lowest BCUT2D eigenvalue weighted by Gasteiger charge is -2.31. The zero-order valence-corrected chi connectivity index (χ0v) is 14.2. The highest BCUT2D eigenvalue weighted by atomic mass is 32.1. The summed E-state index contributed by atoms with van der Waals surface area (Å²) in [6.07, 6.45) is 5.48. The predicted octanol–water partition coefficient (Wildman–Crippen LogP) is 2.32. The normalized spacial score (nSPS) is 18.2. The standard InChI is InChI=1S/C16H18N6OS/c1-2-21-10-18-20-13(21)11-5-4-8-22(9-11)16(23)15-19-12-6-3-7-17-14(12)24-15/h3,6-7,10-11H,2,4-5,8-9H2,1H3/t11-/m0/s1. The number of hydrogen-bond acceptors (Lipinski definition) is 6. The number of carbonyl (C=O) groups is 1. The van der Waals surface area contributed by atoms with Crippen LogP contribution in [0.3, 0.4) is 0 Å². The van der Waals surface area contributed by atoms with Crippen molar-refractivity contribution in [1.82, 2.24) is 29.6 Å². The molecule has 7 nitrogen and oxygen atoms in total. The largest absolute Gasteiger partial charge is 0.336 e. The molecule has 1 aliphatic heterocycles. The van der Waals surface area contributed by atoms with Crippen molar-refractivity contribution in [3.63, 3.8) is 0 Å². The van der Waals surface area contributed by atoms with Gasteiger partial charge in [0, 0.05) is 31.7 Å². The molecule has 1 amide bonds. The number of aromatic nitrogens is 5. The Labute approximate surface area is 143 Å². The maximum Gasteiger partial charge on any atom is 0.282 e. The van der Waals surface area contributed by atoms with Crippen LogP contribution in [0.5, 0.6) is 0 Å². The van der Waals surface area contributed by atoms with Crippen molar-refractivity contribution in [3.8, 4) is 0 Å². The van der Waals surface area contributed by atoms with Crippen molar-refractivity contribution in [2.45, 2.75) is 32.2 Å². The molecule has 0 saturated carbocycles. The highest BCUT2D eigenvalue weighted by Gasteiger charge is 2.29. The molecule has 8 heteroatoms. The molecule has 1 atom stereocenters. The summed E-state index contributed by atoms with van der Waals surface area (Å²) in [6, 6.07) is 3.73. The minimum atomic E-state index is -0.00902. The summed E-state index contributed by atoms with van der Waals surface area (Å²) in [5, 5.41) is 8.80. The van der Waals surface area contributed by atoms with Crippen molar-refractivity contribution in [2.75, 3.05) is 13.1 Å². The summed E-state index contributed by atoms with van der Waals surface area (Å²) in [6.45, 7) is 4.35. The van der Waals surface area contributed by atoms with E-state index in [9.17, 15) is 4.79 Å². The van der Waals surface area contributed by atoms with Crippen LogP contribution in [0.4, 0.5) is 0 Å². The Hall–Kier alpha value is -2.35. The summed E-state index contributed by atoms with van der Waals surface area (Å²) in [5.41, 5.74) is 0.783. The second-order valence-corrected chi connectivity index (χ2v) is 6.89. The van der Waals surface area contributed by atoms with Gasteiger partial charge in [-0.1, -0.05) is 11.3 Å². The summed E-state index contributed by atoms with van der Waals surface area (Å²) < 4.78 is 2.06. The molecule has 24 heavy (non-hydrogen) atoms. The highest BCUT2D eigenvalue weighted by Crippen LogP contribution is 2.28. The molecular formula is C16H18N6OS. The fourth-order valence-electron chi connectivity index (χ4n) is 3.19. The molecule has 4 rings (SSSR count). The Morgan fingerprint density at radius 2 is 2.38 bits per heavy atom. The average molecular weight is 342 g/mol. The number of aryl methyl sites for hydroxylation is 1. The number of amides is 1. The first kappa shape index (κ1) is 15.2. The number of nitrogens with zero attached hydrogens (tertiary/aromatic N) is 6. The fraction of sp³-hybridized carbons (Fsp3) is 0.438. The van der Waals surface area contributed by atoms with Gasteiger partial charge in [0.25, 0.3) is 5.91 Å². The van der Waals surface area contributed by atoms with Crippen molar-refractivity contribution in [2.24, 2.45) is 0 Å². The van der Waals surface area contributed by atoms with E-state index in [1.165, 1.54) is 11.3 Å². The van der Waals surface area contributed by atoms with Gasteiger partial charge in [-0.15, -0.1) is 10.2 Å². The maximum atomic E-state index is 12.8. The lowest BCUT2D eigenvalue weighted by molar-refractivity contribution is 0.0703. The Bertz CT molecular complexity index is 839. The van der Waals surface area contributed by atoms with Gasteiger partial charge in [0.2, 0.25) is 0 Å². The average Bonchev–Trinajstić information content (AvgIpc) is 3.27. The quantitative estimate of drug-likeness (QED) is 0.730. The third-order valence-corrected chi connectivity index (χ3v) is 5.38. The number of carbonyl (C=O) groups excluding carboxylic acids is 1. The van der Waals surface area contributed by atoms with Crippen LogP contribution in [-0.4, -0.2) is 48.6 Å². The molecule has 1 aliphatic rings. The van der Waals surface area contributed by atoms with Gasteiger partial charge in [-0.3, -0.25) is 4.79 Å². The fourth-order valence-corrected chi connectivity index (χ4v) is 4.07. The van der Waals surface area contributed by atoms with E-state index in [1.54, 1.807) is 12.5 Å². The molecule has 0 aromatic carbocycles. The van der Waals surface area contributed by atoms with E-state index in [-0.39, 0.29) is 11.8 Å². The molecule has 3 aromatic heterocycles. The van der Waals surface area contributed by atoms with E-state index in [2.05, 4.69) is 31.7 Å². The molecule has 1 saturated heterocycles. The van der Waals surface area contributed by atoms with Gasteiger partial charge in [-0.25, -0.2) is 9.97 Å². The number of piperidine rings is 1. The minimum absolute atomic E-state index is 0.00902. The van der Waals surface area contributed by atoms with Gasteiger partial charge in [0.15, 0.2) is 5.01 Å². The first-order valence-electron chi connectivity index (χ1n) is 8.14. The second-order valence-electron chi connectivity index (χ2n) is 5.91. The summed E-state index contributed by atoms with van der Waals surface area (Å²) in [5.74, 6) is 1.20. The van der Waals surface area contributed by atoms with Crippen molar-refractivity contribution < 1.29 is 4.79 Å². The van der Waals surface area contributed by atoms with Crippen LogP contribution >= 0.6 is 11.3 Å². The monoisotopic (exact) mass is 342 g/mol. The van der Waals surface area contributed by atoms with E-state index < -0.39 is 0 Å². The maximum absolute atomic E-state index is 12.8. The van der Waals surface area contributed by atoms with Crippen LogP contribution in [0.2, 0.25) is 0 Å². The number of thiazole rings is 1. The molecule has 4 heterocycles. The molecule has 0 radical (unpaired) electrons. The molecule has 124 valence electrons. The van der Waals surface area contributed by atoms with Gasteiger partial charge in [0.05, 0.1) is 0 Å². The third-order valence-electron chi connectivity index (χ3n) is 4.41. The SMILES string of the molecule is CCn1cnnc1[C@H]1CCCN(C(=O)c2nc3cccnc3s2)C1. The van der Waals surface area contributed by atoms with Gasteiger partial charge in [-0.05, 0) is 31.9 Å². The van der Waals surface area contributed by atoms with Crippen molar-refractivity contribution in [3.05, 3.63) is 35.5 Å². The van der Waals surface area contributed by atoms with E-state index in [0.29, 0.717) is 11.6 Å². The molecule has 0 unspecified atom stereocenters. The van der Waals surface area contributed by atoms with E-state index in [4.69, 9.17) is 0 Å².